The summed E-state index contributed by atoms with van der Waals surface area (Å²) in [6.45, 7) is 4.32. The summed E-state index contributed by atoms with van der Waals surface area (Å²) in [5, 5.41) is 19.5. The van der Waals surface area contributed by atoms with Crippen LogP contribution in [-0.2, 0) is 5.60 Å². The van der Waals surface area contributed by atoms with Crippen LogP contribution >= 0.6 is 11.3 Å². The molecule has 1 aromatic carbocycles. The van der Waals surface area contributed by atoms with Gasteiger partial charge in [0.15, 0.2) is 0 Å². The Kier molecular flexibility index (Phi) is 5.41. The van der Waals surface area contributed by atoms with Crippen LogP contribution in [0.15, 0.2) is 41.1 Å². The van der Waals surface area contributed by atoms with Crippen LogP contribution in [0.5, 0.6) is 5.75 Å². The second-order valence-electron chi connectivity index (χ2n) is 5.05. The number of benzene rings is 1. The van der Waals surface area contributed by atoms with Gasteiger partial charge in [0.2, 0.25) is 0 Å². The first-order valence-electron chi connectivity index (χ1n) is 7.04. The topological polar surface area (TPSA) is 70.6 Å². The molecule has 1 heterocycles. The molecule has 22 heavy (non-hydrogen) atoms. The largest absolute Gasteiger partial charge is 0.494 e. The molecule has 0 bridgehead atoms. The van der Waals surface area contributed by atoms with Gasteiger partial charge in [-0.25, -0.2) is 4.79 Å². The second-order valence-corrected chi connectivity index (χ2v) is 5.83. The van der Waals surface area contributed by atoms with Crippen LogP contribution in [0, 0.1) is 0 Å². The monoisotopic (exact) mass is 320 g/mol. The molecule has 5 nitrogen and oxygen atoms in total. The smallest absolute Gasteiger partial charge is 0.319 e. The van der Waals surface area contributed by atoms with Crippen LogP contribution < -0.4 is 15.4 Å². The summed E-state index contributed by atoms with van der Waals surface area (Å²) in [4.78, 5) is 11.9. The zero-order chi connectivity index (χ0) is 16.0. The van der Waals surface area contributed by atoms with Gasteiger partial charge in [-0.1, -0.05) is 0 Å². The SMILES string of the molecule is CCOc1ccc(NC(=O)NCC(C)(O)c2ccsc2)cc1. The van der Waals surface area contributed by atoms with Crippen molar-refractivity contribution in [3.8, 4) is 5.75 Å². The number of nitrogens with one attached hydrogen (secondary N) is 2. The van der Waals surface area contributed by atoms with Crippen molar-refractivity contribution in [2.24, 2.45) is 0 Å². The van der Waals surface area contributed by atoms with E-state index in [0.717, 1.165) is 11.3 Å². The number of carbonyl (C=O) groups is 1. The number of aliphatic hydroxyl groups is 1. The highest BCUT2D eigenvalue weighted by Gasteiger charge is 2.24. The number of hydrogen-bond acceptors (Lipinski definition) is 4. The molecular weight excluding hydrogens is 300 g/mol. The van der Waals surface area contributed by atoms with Gasteiger partial charge in [0.25, 0.3) is 0 Å². The van der Waals surface area contributed by atoms with E-state index < -0.39 is 5.60 Å². The van der Waals surface area contributed by atoms with Crippen LogP contribution in [0.2, 0.25) is 0 Å². The molecule has 0 fully saturated rings. The third-order valence-electron chi connectivity index (χ3n) is 3.16. The predicted octanol–water partition coefficient (Wildman–Crippen LogP) is 3.18. The van der Waals surface area contributed by atoms with E-state index in [2.05, 4.69) is 10.6 Å². The number of carbonyl (C=O) groups excluding carboxylic acids is 1. The van der Waals surface area contributed by atoms with E-state index in [-0.39, 0.29) is 12.6 Å². The number of rotatable bonds is 6. The van der Waals surface area contributed by atoms with Gasteiger partial charge in [-0.15, -0.1) is 0 Å². The van der Waals surface area contributed by atoms with Crippen molar-refractivity contribution in [2.45, 2.75) is 19.4 Å². The van der Waals surface area contributed by atoms with Gasteiger partial charge in [-0.05, 0) is 60.5 Å². The third kappa shape index (κ3) is 4.47. The van der Waals surface area contributed by atoms with E-state index in [1.54, 1.807) is 31.2 Å². The average molecular weight is 320 g/mol. The highest BCUT2D eigenvalue weighted by molar-refractivity contribution is 7.08. The minimum Gasteiger partial charge on any atom is -0.494 e. The summed E-state index contributed by atoms with van der Waals surface area (Å²) < 4.78 is 5.34. The molecule has 0 radical (unpaired) electrons. The van der Waals surface area contributed by atoms with Gasteiger partial charge in [-0.3, -0.25) is 0 Å². The summed E-state index contributed by atoms with van der Waals surface area (Å²) >= 11 is 1.51. The molecule has 1 atom stereocenters. The zero-order valence-corrected chi connectivity index (χ0v) is 13.4. The Morgan fingerprint density at radius 2 is 2.05 bits per heavy atom. The third-order valence-corrected chi connectivity index (χ3v) is 3.84. The summed E-state index contributed by atoms with van der Waals surface area (Å²) in [6.07, 6.45) is 0. The molecule has 0 aliphatic rings. The van der Waals surface area contributed by atoms with Crippen LogP contribution in [0.3, 0.4) is 0 Å². The lowest BCUT2D eigenvalue weighted by atomic mass is 9.99. The summed E-state index contributed by atoms with van der Waals surface area (Å²) in [5.74, 6) is 0.758. The minimum atomic E-state index is -1.09. The van der Waals surface area contributed by atoms with E-state index in [9.17, 15) is 9.90 Å². The lowest BCUT2D eigenvalue weighted by Gasteiger charge is -2.22. The van der Waals surface area contributed by atoms with Gasteiger partial charge >= 0.3 is 6.03 Å². The Labute approximate surface area is 133 Å². The number of anilines is 1. The van der Waals surface area contributed by atoms with E-state index in [4.69, 9.17) is 4.74 Å². The Balaban J connectivity index is 1.85. The highest BCUT2D eigenvalue weighted by Crippen LogP contribution is 2.22. The van der Waals surface area contributed by atoms with Gasteiger partial charge in [0, 0.05) is 5.69 Å². The molecule has 0 saturated heterocycles. The quantitative estimate of drug-likeness (QED) is 0.765. The lowest BCUT2D eigenvalue weighted by molar-refractivity contribution is 0.0604. The van der Waals surface area contributed by atoms with Gasteiger partial charge in [0.1, 0.15) is 11.4 Å². The van der Waals surface area contributed by atoms with Crippen molar-refractivity contribution in [1.82, 2.24) is 5.32 Å². The van der Waals surface area contributed by atoms with Gasteiger partial charge < -0.3 is 20.5 Å². The molecule has 3 N–H and O–H groups in total. The van der Waals surface area contributed by atoms with Crippen LogP contribution in [0.25, 0.3) is 0 Å². The van der Waals surface area contributed by atoms with Crippen molar-refractivity contribution in [3.63, 3.8) is 0 Å². The van der Waals surface area contributed by atoms with Crippen LogP contribution in [-0.4, -0.2) is 24.3 Å². The maximum absolute atomic E-state index is 11.9. The Morgan fingerprint density at radius 1 is 1.32 bits per heavy atom. The van der Waals surface area contributed by atoms with Crippen LogP contribution in [0.1, 0.15) is 19.4 Å². The summed E-state index contributed by atoms with van der Waals surface area (Å²) in [5.41, 5.74) is 0.367. The lowest BCUT2D eigenvalue weighted by Crippen LogP contribution is -2.40. The summed E-state index contributed by atoms with van der Waals surface area (Å²) in [6, 6.07) is 8.60. The first-order valence-corrected chi connectivity index (χ1v) is 7.98. The van der Waals surface area contributed by atoms with E-state index in [1.807, 2.05) is 23.8 Å². The van der Waals surface area contributed by atoms with Crippen molar-refractivity contribution < 1.29 is 14.6 Å². The first kappa shape index (κ1) is 16.3. The minimum absolute atomic E-state index is 0.132. The summed E-state index contributed by atoms with van der Waals surface area (Å²) in [7, 11) is 0. The van der Waals surface area contributed by atoms with E-state index in [1.165, 1.54) is 11.3 Å². The molecular formula is C16H20N2O3S. The number of ether oxygens (including phenoxy) is 1. The average Bonchev–Trinajstić information content (AvgIpc) is 3.03. The zero-order valence-electron chi connectivity index (χ0n) is 12.6. The molecule has 2 rings (SSSR count). The number of hydrogen-bond donors (Lipinski definition) is 3. The molecule has 0 spiro atoms. The molecule has 0 aliphatic carbocycles. The molecule has 0 aliphatic heterocycles. The second kappa shape index (κ2) is 7.29. The Morgan fingerprint density at radius 3 is 2.64 bits per heavy atom. The fourth-order valence-electron chi connectivity index (χ4n) is 1.90. The van der Waals surface area contributed by atoms with E-state index >= 15 is 0 Å². The molecule has 2 amide bonds. The van der Waals surface area contributed by atoms with Crippen molar-refractivity contribution in [1.29, 1.82) is 0 Å². The van der Waals surface area contributed by atoms with Gasteiger partial charge in [0.05, 0.1) is 13.2 Å². The molecule has 1 aromatic heterocycles. The number of amides is 2. The Hall–Kier alpha value is -2.05. The number of urea groups is 1. The maximum atomic E-state index is 11.9. The van der Waals surface area contributed by atoms with E-state index in [0.29, 0.717) is 12.3 Å². The normalized spacial score (nSPS) is 13.2. The predicted molar refractivity (Wildman–Crippen MR) is 88.5 cm³/mol. The molecule has 118 valence electrons. The fourth-order valence-corrected chi connectivity index (χ4v) is 2.68. The van der Waals surface area contributed by atoms with Gasteiger partial charge in [-0.2, -0.15) is 11.3 Å². The van der Waals surface area contributed by atoms with Crippen molar-refractivity contribution >= 4 is 23.1 Å². The molecule has 2 aromatic rings. The maximum Gasteiger partial charge on any atom is 0.319 e. The van der Waals surface area contributed by atoms with Crippen molar-refractivity contribution in [3.05, 3.63) is 46.7 Å². The van der Waals surface area contributed by atoms with Crippen molar-refractivity contribution in [2.75, 3.05) is 18.5 Å². The van der Waals surface area contributed by atoms with Crippen LogP contribution in [0.4, 0.5) is 10.5 Å². The molecule has 0 saturated carbocycles. The highest BCUT2D eigenvalue weighted by atomic mass is 32.1. The Bertz CT molecular complexity index is 594. The number of thiophene rings is 1. The molecule has 1 unspecified atom stereocenters. The first-order chi connectivity index (χ1) is 10.5. The fraction of sp³-hybridized carbons (Fsp3) is 0.312. The molecule has 6 heteroatoms. The standard InChI is InChI=1S/C16H20N2O3S/c1-3-21-14-6-4-13(5-7-14)18-15(19)17-11-16(2,20)12-8-9-22-10-12/h4-10,20H,3,11H2,1-2H3,(H2,17,18,19).